The number of hydrogen-bond donors (Lipinski definition) is 0. The van der Waals surface area contributed by atoms with Gasteiger partial charge in [-0.2, -0.15) is 13.2 Å². The van der Waals surface area contributed by atoms with Crippen molar-refractivity contribution >= 4 is 23.3 Å². The van der Waals surface area contributed by atoms with E-state index in [0.29, 0.717) is 29.4 Å². The SMILES string of the molecule is CN1CCN(c2ccc(F)cc2)c2cc(C(F)(F)F)c(OCC3CC3(F)F)cc2S1. The van der Waals surface area contributed by atoms with Crippen LogP contribution in [0.5, 0.6) is 5.75 Å². The van der Waals surface area contributed by atoms with Crippen molar-refractivity contribution in [3.8, 4) is 5.75 Å². The van der Waals surface area contributed by atoms with Gasteiger partial charge in [-0.15, -0.1) is 0 Å². The van der Waals surface area contributed by atoms with Crippen molar-refractivity contribution < 1.29 is 31.1 Å². The molecule has 0 amide bonds. The maximum absolute atomic E-state index is 13.8. The summed E-state index contributed by atoms with van der Waals surface area (Å²) in [7, 11) is 1.80. The van der Waals surface area contributed by atoms with Crippen molar-refractivity contribution in [1.29, 1.82) is 0 Å². The van der Waals surface area contributed by atoms with Crippen LogP contribution in [-0.2, 0) is 6.18 Å². The fraction of sp³-hybridized carbons (Fsp3) is 0.400. The van der Waals surface area contributed by atoms with Crippen LogP contribution in [-0.4, -0.2) is 37.0 Å². The Morgan fingerprint density at radius 2 is 1.80 bits per heavy atom. The molecule has 0 spiro atoms. The van der Waals surface area contributed by atoms with Gasteiger partial charge in [0.1, 0.15) is 11.6 Å². The maximum atomic E-state index is 13.8. The van der Waals surface area contributed by atoms with Crippen LogP contribution in [0.1, 0.15) is 12.0 Å². The first-order valence-corrected chi connectivity index (χ1v) is 10.00. The molecular formula is C20H18F6N2OS. The van der Waals surface area contributed by atoms with Crippen molar-refractivity contribution in [3.63, 3.8) is 0 Å². The Morgan fingerprint density at radius 3 is 2.40 bits per heavy atom. The Hall–Kier alpha value is -2.07. The zero-order valence-corrected chi connectivity index (χ0v) is 16.7. The van der Waals surface area contributed by atoms with Gasteiger partial charge < -0.3 is 9.64 Å². The van der Waals surface area contributed by atoms with Crippen molar-refractivity contribution in [2.45, 2.75) is 23.4 Å². The maximum Gasteiger partial charge on any atom is 0.420 e. The molecule has 0 saturated heterocycles. The molecule has 1 fully saturated rings. The monoisotopic (exact) mass is 448 g/mol. The second-order valence-electron chi connectivity index (χ2n) is 7.36. The summed E-state index contributed by atoms with van der Waals surface area (Å²) in [5.41, 5.74) is -0.178. The number of benzene rings is 2. The molecule has 4 rings (SSSR count). The highest BCUT2D eigenvalue weighted by Crippen LogP contribution is 2.50. The molecule has 30 heavy (non-hydrogen) atoms. The van der Waals surface area contributed by atoms with E-state index >= 15 is 0 Å². The second-order valence-corrected chi connectivity index (χ2v) is 8.60. The van der Waals surface area contributed by atoms with E-state index in [1.54, 1.807) is 11.9 Å². The predicted octanol–water partition coefficient (Wildman–Crippen LogP) is 5.97. The minimum absolute atomic E-state index is 0.299. The van der Waals surface area contributed by atoms with E-state index in [1.165, 1.54) is 42.3 Å². The lowest BCUT2D eigenvalue weighted by Crippen LogP contribution is -2.25. The zero-order valence-electron chi connectivity index (χ0n) is 15.8. The molecule has 0 N–H and O–H groups in total. The second kappa shape index (κ2) is 7.56. The molecule has 2 aromatic carbocycles. The molecule has 0 aromatic heterocycles. The van der Waals surface area contributed by atoms with Crippen molar-refractivity contribution in [1.82, 2.24) is 4.31 Å². The van der Waals surface area contributed by atoms with E-state index < -0.39 is 41.8 Å². The fourth-order valence-corrected chi connectivity index (χ4v) is 4.21. The number of ether oxygens (including phenoxy) is 1. The van der Waals surface area contributed by atoms with Gasteiger partial charge >= 0.3 is 6.18 Å². The first-order chi connectivity index (χ1) is 14.0. The van der Waals surface area contributed by atoms with Crippen LogP contribution in [0.4, 0.5) is 37.7 Å². The van der Waals surface area contributed by atoms with Crippen molar-refractivity contribution in [3.05, 3.63) is 47.8 Å². The van der Waals surface area contributed by atoms with Crippen molar-refractivity contribution in [2.24, 2.45) is 5.92 Å². The summed E-state index contributed by atoms with van der Waals surface area (Å²) in [6.45, 7) is 0.438. The number of anilines is 2. The topological polar surface area (TPSA) is 15.7 Å². The third kappa shape index (κ3) is 4.34. The molecular weight excluding hydrogens is 430 g/mol. The average molecular weight is 448 g/mol. The summed E-state index contributed by atoms with van der Waals surface area (Å²) in [5, 5.41) is 0. The van der Waals surface area contributed by atoms with Crippen LogP contribution < -0.4 is 9.64 Å². The number of halogens is 6. The Bertz CT molecular complexity index is 934. The van der Waals surface area contributed by atoms with Gasteiger partial charge in [0, 0.05) is 25.2 Å². The van der Waals surface area contributed by atoms with Crippen LogP contribution in [0.25, 0.3) is 0 Å². The summed E-state index contributed by atoms with van der Waals surface area (Å²) < 4.78 is 87.9. The van der Waals surface area contributed by atoms with E-state index in [4.69, 9.17) is 4.74 Å². The molecule has 1 atom stereocenters. The highest BCUT2D eigenvalue weighted by molar-refractivity contribution is 7.97. The minimum atomic E-state index is -4.73. The molecule has 1 unspecified atom stereocenters. The molecule has 0 bridgehead atoms. The van der Waals surface area contributed by atoms with Crippen molar-refractivity contribution in [2.75, 3.05) is 31.6 Å². The Balaban J connectivity index is 1.75. The lowest BCUT2D eigenvalue weighted by atomic mass is 10.1. The van der Waals surface area contributed by atoms with Gasteiger partial charge in [-0.1, -0.05) is 0 Å². The minimum Gasteiger partial charge on any atom is -0.492 e. The highest BCUT2D eigenvalue weighted by atomic mass is 32.2. The molecule has 1 aliphatic heterocycles. The van der Waals surface area contributed by atoms with Crippen LogP contribution in [0.15, 0.2) is 41.3 Å². The van der Waals surface area contributed by atoms with Gasteiger partial charge in [0.15, 0.2) is 0 Å². The molecule has 162 valence electrons. The molecule has 2 aliphatic rings. The summed E-state index contributed by atoms with van der Waals surface area (Å²) in [6, 6.07) is 7.72. The first kappa shape index (κ1) is 21.2. The molecule has 10 heteroatoms. The molecule has 2 aromatic rings. The first-order valence-electron chi connectivity index (χ1n) is 9.23. The smallest absolute Gasteiger partial charge is 0.420 e. The number of rotatable bonds is 4. The third-order valence-electron chi connectivity index (χ3n) is 5.08. The molecule has 0 radical (unpaired) electrons. The van der Waals surface area contributed by atoms with E-state index in [1.807, 2.05) is 4.31 Å². The molecule has 1 saturated carbocycles. The highest BCUT2D eigenvalue weighted by Gasteiger charge is 2.57. The van der Waals surface area contributed by atoms with Crippen LogP contribution in [0, 0.1) is 11.7 Å². The number of alkyl halides is 5. The molecule has 1 aliphatic carbocycles. The van der Waals surface area contributed by atoms with Crippen LogP contribution in [0.3, 0.4) is 0 Å². The number of likely N-dealkylation sites (N-methyl/N-ethyl adjacent to an activating group) is 1. The van der Waals surface area contributed by atoms with E-state index in [2.05, 4.69) is 0 Å². The summed E-state index contributed by atoms with van der Waals surface area (Å²) >= 11 is 1.24. The van der Waals surface area contributed by atoms with Gasteiger partial charge in [-0.05, 0) is 55.4 Å². The summed E-state index contributed by atoms with van der Waals surface area (Å²) in [5.74, 6) is -4.86. The standard InChI is InChI=1S/C20H18F6N2OS/c1-27-6-7-28(14-4-2-13(21)3-5-14)16-8-15(20(24,25)26)17(9-18(16)30-27)29-11-12-10-19(12,22)23/h2-5,8-9,12H,6-7,10-11H2,1H3. The van der Waals surface area contributed by atoms with Crippen LogP contribution >= 0.6 is 11.9 Å². The Kier molecular flexibility index (Phi) is 5.34. The van der Waals surface area contributed by atoms with Gasteiger partial charge in [-0.3, -0.25) is 0 Å². The summed E-state index contributed by atoms with van der Waals surface area (Å²) in [6.07, 6.45) is -5.11. The van der Waals surface area contributed by atoms with Gasteiger partial charge in [0.25, 0.3) is 5.92 Å². The van der Waals surface area contributed by atoms with E-state index in [-0.39, 0.29) is 6.42 Å². The Labute approximate surface area is 173 Å². The predicted molar refractivity (Wildman–Crippen MR) is 102 cm³/mol. The Morgan fingerprint density at radius 1 is 1.13 bits per heavy atom. The molecule has 1 heterocycles. The molecule has 3 nitrogen and oxygen atoms in total. The van der Waals surface area contributed by atoms with Gasteiger partial charge in [0.05, 0.1) is 28.7 Å². The normalized spacial score (nSPS) is 21.2. The number of hydrogen-bond acceptors (Lipinski definition) is 4. The largest absolute Gasteiger partial charge is 0.492 e. The lowest BCUT2D eigenvalue weighted by molar-refractivity contribution is -0.139. The third-order valence-corrected chi connectivity index (χ3v) is 6.10. The fourth-order valence-electron chi connectivity index (χ4n) is 3.28. The number of nitrogens with zero attached hydrogens (tertiary/aromatic N) is 2. The van der Waals surface area contributed by atoms with Crippen LogP contribution in [0.2, 0.25) is 0 Å². The summed E-state index contributed by atoms with van der Waals surface area (Å²) in [4.78, 5) is 2.17. The quantitative estimate of drug-likeness (QED) is 0.423. The van der Waals surface area contributed by atoms with E-state index in [9.17, 15) is 26.3 Å². The van der Waals surface area contributed by atoms with Gasteiger partial charge in [0.2, 0.25) is 0 Å². The number of fused-ring (bicyclic) bond motifs is 1. The van der Waals surface area contributed by atoms with E-state index in [0.717, 1.165) is 6.07 Å². The van der Waals surface area contributed by atoms with Gasteiger partial charge in [-0.25, -0.2) is 17.5 Å². The average Bonchev–Trinajstić information content (AvgIpc) is 3.31. The zero-order chi connectivity index (χ0) is 21.7. The lowest BCUT2D eigenvalue weighted by Gasteiger charge is -2.26.